The summed E-state index contributed by atoms with van der Waals surface area (Å²) in [6.07, 6.45) is 6.52. The van der Waals surface area contributed by atoms with Crippen LogP contribution in [0.2, 0.25) is 0 Å². The molecule has 0 unspecified atom stereocenters. The highest BCUT2D eigenvalue weighted by Gasteiger charge is 2.21. The van der Waals surface area contributed by atoms with Crippen LogP contribution in [0.5, 0.6) is 5.75 Å². The van der Waals surface area contributed by atoms with Crippen LogP contribution in [0.4, 0.5) is 0 Å². The molecule has 0 bridgehead atoms. The molecule has 0 amide bonds. The number of ether oxygens (including phenoxy) is 1. The van der Waals surface area contributed by atoms with E-state index in [0.717, 1.165) is 34.5 Å². The van der Waals surface area contributed by atoms with E-state index < -0.39 is 0 Å². The molecule has 1 N–H and O–H groups in total. The van der Waals surface area contributed by atoms with Gasteiger partial charge in [-0.2, -0.15) is 0 Å². The second kappa shape index (κ2) is 6.58. The lowest BCUT2D eigenvalue weighted by Crippen LogP contribution is -2.23. The van der Waals surface area contributed by atoms with E-state index in [1.807, 2.05) is 18.2 Å². The van der Waals surface area contributed by atoms with Crippen molar-refractivity contribution in [2.45, 2.75) is 51.7 Å². The molecule has 1 saturated carbocycles. The molecule has 1 aromatic rings. The van der Waals surface area contributed by atoms with Crippen molar-refractivity contribution in [2.24, 2.45) is 5.92 Å². The maximum Gasteiger partial charge on any atom is 0.120 e. The van der Waals surface area contributed by atoms with Crippen molar-refractivity contribution in [1.82, 2.24) is 0 Å². The van der Waals surface area contributed by atoms with Gasteiger partial charge in [-0.15, -0.1) is 0 Å². The summed E-state index contributed by atoms with van der Waals surface area (Å²) in [6, 6.07) is 5.84. The molecule has 0 spiro atoms. The van der Waals surface area contributed by atoms with Crippen molar-refractivity contribution < 1.29 is 9.84 Å². The molecule has 3 heteroatoms. The Balaban J connectivity index is 1.94. The number of hydrogen-bond donors (Lipinski definition) is 1. The third kappa shape index (κ3) is 3.48. The van der Waals surface area contributed by atoms with Crippen LogP contribution in [-0.2, 0) is 6.61 Å². The van der Waals surface area contributed by atoms with Gasteiger partial charge in [0.2, 0.25) is 0 Å². The largest absolute Gasteiger partial charge is 0.490 e. The summed E-state index contributed by atoms with van der Waals surface area (Å²) in [5.74, 6) is 1.77. The third-order valence-electron chi connectivity index (χ3n) is 3.86. The molecule has 2 rings (SSSR count). The Kier molecular flexibility index (Phi) is 5.07. The number of halogens is 1. The monoisotopic (exact) mass is 312 g/mol. The first-order valence-corrected chi connectivity index (χ1v) is 7.58. The molecule has 0 aliphatic heterocycles. The molecule has 18 heavy (non-hydrogen) atoms. The zero-order chi connectivity index (χ0) is 13.0. The van der Waals surface area contributed by atoms with Gasteiger partial charge in [-0.1, -0.05) is 29.3 Å². The van der Waals surface area contributed by atoms with Gasteiger partial charge in [0.15, 0.2) is 0 Å². The smallest absolute Gasteiger partial charge is 0.120 e. The molecule has 2 nitrogen and oxygen atoms in total. The Hall–Kier alpha value is -0.540. The lowest BCUT2D eigenvalue weighted by Gasteiger charge is -2.28. The average Bonchev–Trinajstić information content (AvgIpc) is 2.42. The fourth-order valence-corrected chi connectivity index (χ4v) is 2.97. The van der Waals surface area contributed by atoms with Crippen LogP contribution in [0.25, 0.3) is 0 Å². The molecule has 100 valence electrons. The fourth-order valence-electron chi connectivity index (χ4n) is 2.60. The highest BCUT2D eigenvalue weighted by atomic mass is 79.9. The van der Waals surface area contributed by atoms with E-state index in [-0.39, 0.29) is 6.61 Å². The molecule has 1 fully saturated rings. The standard InChI is InChI=1S/C15H21BrO2/c1-2-11-3-5-13(6-4-11)18-14-7-8-15(16)12(9-14)10-17/h7-9,11,13,17H,2-6,10H2,1H3. The highest BCUT2D eigenvalue weighted by Crippen LogP contribution is 2.30. The second-order valence-corrected chi connectivity index (χ2v) is 5.93. The van der Waals surface area contributed by atoms with E-state index in [4.69, 9.17) is 4.74 Å². The first kappa shape index (κ1) is 13.9. The van der Waals surface area contributed by atoms with Gasteiger partial charge in [-0.3, -0.25) is 0 Å². The Bertz CT molecular complexity index is 384. The van der Waals surface area contributed by atoms with Crippen LogP contribution >= 0.6 is 15.9 Å². The summed E-state index contributed by atoms with van der Waals surface area (Å²) in [6.45, 7) is 2.31. The topological polar surface area (TPSA) is 29.5 Å². The lowest BCUT2D eigenvalue weighted by atomic mass is 9.86. The summed E-state index contributed by atoms with van der Waals surface area (Å²) in [4.78, 5) is 0. The number of aliphatic hydroxyl groups is 1. The first-order chi connectivity index (χ1) is 8.72. The van der Waals surface area contributed by atoms with E-state index in [0.29, 0.717) is 6.10 Å². The fraction of sp³-hybridized carbons (Fsp3) is 0.600. The zero-order valence-electron chi connectivity index (χ0n) is 10.9. The van der Waals surface area contributed by atoms with E-state index >= 15 is 0 Å². The Morgan fingerprint density at radius 1 is 1.28 bits per heavy atom. The number of aliphatic hydroxyl groups excluding tert-OH is 1. The quantitative estimate of drug-likeness (QED) is 0.898. The van der Waals surface area contributed by atoms with Crippen molar-refractivity contribution in [2.75, 3.05) is 0 Å². The number of rotatable bonds is 4. The van der Waals surface area contributed by atoms with Crippen molar-refractivity contribution in [3.05, 3.63) is 28.2 Å². The van der Waals surface area contributed by atoms with E-state index in [2.05, 4.69) is 22.9 Å². The molecule has 0 saturated heterocycles. The summed E-state index contributed by atoms with van der Waals surface area (Å²) >= 11 is 3.42. The molecule has 1 aromatic carbocycles. The summed E-state index contributed by atoms with van der Waals surface area (Å²) < 4.78 is 6.95. The Morgan fingerprint density at radius 3 is 2.61 bits per heavy atom. The highest BCUT2D eigenvalue weighted by molar-refractivity contribution is 9.10. The minimum Gasteiger partial charge on any atom is -0.490 e. The molecule has 0 atom stereocenters. The van der Waals surface area contributed by atoms with Crippen molar-refractivity contribution >= 4 is 15.9 Å². The first-order valence-electron chi connectivity index (χ1n) is 6.78. The number of benzene rings is 1. The minimum atomic E-state index is 0.0420. The second-order valence-electron chi connectivity index (χ2n) is 5.08. The molecular weight excluding hydrogens is 292 g/mol. The molecule has 1 aliphatic carbocycles. The molecule has 0 heterocycles. The maximum absolute atomic E-state index is 9.23. The molecular formula is C15H21BrO2. The molecule has 0 radical (unpaired) electrons. The molecule has 0 aromatic heterocycles. The predicted octanol–water partition coefficient (Wildman–Crippen LogP) is 4.29. The van der Waals surface area contributed by atoms with E-state index in [1.165, 1.54) is 19.3 Å². The van der Waals surface area contributed by atoms with E-state index in [1.54, 1.807) is 0 Å². The van der Waals surface area contributed by atoms with Gasteiger partial charge in [0.25, 0.3) is 0 Å². The third-order valence-corrected chi connectivity index (χ3v) is 4.64. The van der Waals surface area contributed by atoms with Crippen LogP contribution in [0.15, 0.2) is 22.7 Å². The predicted molar refractivity (Wildman–Crippen MR) is 76.7 cm³/mol. The van der Waals surface area contributed by atoms with Crippen LogP contribution < -0.4 is 4.74 Å². The average molecular weight is 313 g/mol. The normalized spacial score (nSPS) is 23.9. The summed E-state index contributed by atoms with van der Waals surface area (Å²) in [5, 5.41) is 9.23. The van der Waals surface area contributed by atoms with Crippen LogP contribution in [-0.4, -0.2) is 11.2 Å². The van der Waals surface area contributed by atoms with Gasteiger partial charge in [-0.05, 0) is 55.4 Å². The Labute approximate surface area is 117 Å². The van der Waals surface area contributed by atoms with Gasteiger partial charge < -0.3 is 9.84 Å². The lowest BCUT2D eigenvalue weighted by molar-refractivity contribution is 0.129. The molecule has 1 aliphatic rings. The van der Waals surface area contributed by atoms with Crippen molar-refractivity contribution in [3.8, 4) is 5.75 Å². The van der Waals surface area contributed by atoms with Crippen LogP contribution in [0.3, 0.4) is 0 Å². The van der Waals surface area contributed by atoms with Gasteiger partial charge in [-0.25, -0.2) is 0 Å². The SMILES string of the molecule is CCC1CCC(Oc2ccc(Br)c(CO)c2)CC1. The zero-order valence-corrected chi connectivity index (χ0v) is 12.4. The number of hydrogen-bond acceptors (Lipinski definition) is 2. The maximum atomic E-state index is 9.23. The van der Waals surface area contributed by atoms with Crippen molar-refractivity contribution in [1.29, 1.82) is 0 Å². The Morgan fingerprint density at radius 2 is 2.00 bits per heavy atom. The summed E-state index contributed by atoms with van der Waals surface area (Å²) in [5.41, 5.74) is 0.884. The van der Waals surface area contributed by atoms with Gasteiger partial charge in [0, 0.05) is 4.47 Å². The van der Waals surface area contributed by atoms with Gasteiger partial charge >= 0.3 is 0 Å². The van der Waals surface area contributed by atoms with Gasteiger partial charge in [0.1, 0.15) is 5.75 Å². The van der Waals surface area contributed by atoms with Crippen LogP contribution in [0.1, 0.15) is 44.6 Å². The van der Waals surface area contributed by atoms with E-state index in [9.17, 15) is 5.11 Å². The van der Waals surface area contributed by atoms with Crippen LogP contribution in [0, 0.1) is 5.92 Å². The van der Waals surface area contributed by atoms with Crippen molar-refractivity contribution in [3.63, 3.8) is 0 Å². The summed E-state index contributed by atoms with van der Waals surface area (Å²) in [7, 11) is 0. The minimum absolute atomic E-state index is 0.0420. The van der Waals surface area contributed by atoms with Gasteiger partial charge in [0.05, 0.1) is 12.7 Å².